The number of nitrogens with two attached hydrogens (primary N) is 1. The van der Waals surface area contributed by atoms with Gasteiger partial charge < -0.3 is 25.3 Å². The van der Waals surface area contributed by atoms with Crippen LogP contribution < -0.4 is 20.5 Å². The molecule has 1 fully saturated rings. The summed E-state index contributed by atoms with van der Waals surface area (Å²) in [6.07, 6.45) is 0.549. The number of hydrogen-bond acceptors (Lipinski definition) is 5. The number of fused-ring (bicyclic) bond motifs is 1. The zero-order valence-electron chi connectivity index (χ0n) is 14.3. The third-order valence-electron chi connectivity index (χ3n) is 5.15. The molecule has 3 rings (SSSR count). The summed E-state index contributed by atoms with van der Waals surface area (Å²) in [5, 5.41) is 2.93. The molecule has 0 saturated heterocycles. The van der Waals surface area contributed by atoms with E-state index >= 15 is 0 Å². The van der Waals surface area contributed by atoms with Gasteiger partial charge in [0.05, 0.1) is 6.10 Å². The van der Waals surface area contributed by atoms with Gasteiger partial charge in [-0.2, -0.15) is 0 Å². The maximum atomic E-state index is 12.6. The maximum Gasteiger partial charge on any atom is 0.241 e. The van der Waals surface area contributed by atoms with Gasteiger partial charge in [-0.25, -0.2) is 0 Å². The van der Waals surface area contributed by atoms with Gasteiger partial charge in [0, 0.05) is 30.6 Å². The fraction of sp³-hybridized carbons (Fsp3) is 0.588. The predicted octanol–water partition coefficient (Wildman–Crippen LogP) is 1.99. The minimum atomic E-state index is -0.915. The number of ether oxygens (including phenoxy) is 3. The topological polar surface area (TPSA) is 82.8 Å². The number of carbonyl (C=O) groups excluding carboxylic acids is 1. The SMILES string of the molecule is CCOC1CC(N)(C(=O)NCc2cccc3c2OCO3)C1(C)C.Cl. The fourth-order valence-electron chi connectivity index (χ4n) is 3.28. The molecule has 7 heteroatoms. The molecule has 134 valence electrons. The summed E-state index contributed by atoms with van der Waals surface area (Å²) in [6, 6.07) is 5.64. The molecule has 1 saturated carbocycles. The van der Waals surface area contributed by atoms with Crippen LogP contribution in [0, 0.1) is 5.41 Å². The van der Waals surface area contributed by atoms with Crippen LogP contribution in [-0.4, -0.2) is 30.9 Å². The highest BCUT2D eigenvalue weighted by Gasteiger charge is 2.62. The molecule has 6 nitrogen and oxygen atoms in total. The van der Waals surface area contributed by atoms with Crippen molar-refractivity contribution in [2.45, 2.75) is 45.4 Å². The molecular weight excluding hydrogens is 332 g/mol. The quantitative estimate of drug-likeness (QED) is 0.843. The zero-order valence-corrected chi connectivity index (χ0v) is 15.1. The van der Waals surface area contributed by atoms with E-state index in [0.29, 0.717) is 31.1 Å². The Morgan fingerprint density at radius 2 is 2.17 bits per heavy atom. The Morgan fingerprint density at radius 3 is 2.83 bits per heavy atom. The second-order valence-electron chi connectivity index (χ2n) is 6.67. The van der Waals surface area contributed by atoms with Crippen LogP contribution in [0.5, 0.6) is 11.5 Å². The Labute approximate surface area is 148 Å². The third-order valence-corrected chi connectivity index (χ3v) is 5.15. The van der Waals surface area contributed by atoms with Crippen molar-refractivity contribution in [2.24, 2.45) is 11.1 Å². The number of amides is 1. The molecule has 1 heterocycles. The molecule has 3 N–H and O–H groups in total. The van der Waals surface area contributed by atoms with Crippen molar-refractivity contribution in [2.75, 3.05) is 13.4 Å². The van der Waals surface area contributed by atoms with Gasteiger partial charge in [0.15, 0.2) is 11.5 Å². The van der Waals surface area contributed by atoms with Crippen LogP contribution in [0.25, 0.3) is 0 Å². The first-order valence-electron chi connectivity index (χ1n) is 7.96. The Kier molecular flexibility index (Phi) is 5.32. The predicted molar refractivity (Wildman–Crippen MR) is 92.4 cm³/mol. The average Bonchev–Trinajstić information content (AvgIpc) is 3.01. The van der Waals surface area contributed by atoms with E-state index in [9.17, 15) is 4.79 Å². The number of nitrogens with one attached hydrogen (secondary N) is 1. The van der Waals surface area contributed by atoms with Crippen LogP contribution in [-0.2, 0) is 16.1 Å². The Balaban J connectivity index is 0.00000208. The summed E-state index contributed by atoms with van der Waals surface area (Å²) in [4.78, 5) is 12.6. The van der Waals surface area contributed by atoms with Crippen LogP contribution in [0.2, 0.25) is 0 Å². The first kappa shape index (κ1) is 18.8. The van der Waals surface area contributed by atoms with Gasteiger partial charge >= 0.3 is 0 Å². The highest BCUT2D eigenvalue weighted by atomic mass is 35.5. The van der Waals surface area contributed by atoms with Crippen LogP contribution in [0.4, 0.5) is 0 Å². The number of hydrogen-bond donors (Lipinski definition) is 2. The van der Waals surface area contributed by atoms with Gasteiger partial charge in [0.25, 0.3) is 0 Å². The van der Waals surface area contributed by atoms with Gasteiger partial charge in [-0.15, -0.1) is 12.4 Å². The van der Waals surface area contributed by atoms with E-state index in [2.05, 4.69) is 5.32 Å². The van der Waals surface area contributed by atoms with E-state index in [1.54, 1.807) is 0 Å². The number of carbonyl (C=O) groups is 1. The van der Waals surface area contributed by atoms with Crippen LogP contribution in [0.3, 0.4) is 0 Å². The Hall–Kier alpha value is -1.50. The molecule has 1 aromatic carbocycles. The zero-order chi connectivity index (χ0) is 16.7. The van der Waals surface area contributed by atoms with Crippen molar-refractivity contribution in [3.05, 3.63) is 23.8 Å². The normalized spacial score (nSPS) is 26.2. The third kappa shape index (κ3) is 2.83. The number of para-hydroxylation sites is 1. The lowest BCUT2D eigenvalue weighted by molar-refractivity contribution is -0.170. The highest BCUT2D eigenvalue weighted by Crippen LogP contribution is 2.49. The molecule has 2 atom stereocenters. The molecule has 1 aromatic rings. The maximum absolute atomic E-state index is 12.6. The molecule has 2 aliphatic rings. The van der Waals surface area contributed by atoms with Gasteiger partial charge in [-0.3, -0.25) is 4.79 Å². The standard InChI is InChI=1S/C17H24N2O4.ClH/c1-4-21-13-8-17(18,16(13,2)3)15(20)19-9-11-6-5-7-12-14(11)23-10-22-12;/h5-7,13H,4,8-10,18H2,1-3H3,(H,19,20);1H. The van der Waals surface area contributed by atoms with Crippen molar-refractivity contribution in [1.82, 2.24) is 5.32 Å². The average molecular weight is 357 g/mol. The lowest BCUT2D eigenvalue weighted by Crippen LogP contribution is -2.75. The minimum absolute atomic E-state index is 0. The molecular formula is C17H25ClN2O4. The monoisotopic (exact) mass is 356 g/mol. The summed E-state index contributed by atoms with van der Waals surface area (Å²) >= 11 is 0. The van der Waals surface area contributed by atoms with Crippen molar-refractivity contribution >= 4 is 18.3 Å². The second-order valence-corrected chi connectivity index (χ2v) is 6.67. The summed E-state index contributed by atoms with van der Waals surface area (Å²) in [5.41, 5.74) is 5.95. The van der Waals surface area contributed by atoms with Crippen molar-refractivity contribution in [3.8, 4) is 11.5 Å². The van der Waals surface area contributed by atoms with Crippen LogP contribution in [0.1, 0.15) is 32.8 Å². The molecule has 2 unspecified atom stereocenters. The molecule has 0 aromatic heterocycles. The van der Waals surface area contributed by atoms with E-state index in [0.717, 1.165) is 5.56 Å². The van der Waals surface area contributed by atoms with Crippen molar-refractivity contribution in [1.29, 1.82) is 0 Å². The van der Waals surface area contributed by atoms with Gasteiger partial charge in [0.2, 0.25) is 12.7 Å². The van der Waals surface area contributed by atoms with Crippen LogP contribution in [0.15, 0.2) is 18.2 Å². The smallest absolute Gasteiger partial charge is 0.241 e. The molecule has 1 aliphatic carbocycles. The second kappa shape index (κ2) is 6.78. The summed E-state index contributed by atoms with van der Waals surface area (Å²) in [6.45, 7) is 7.11. The van der Waals surface area contributed by atoms with E-state index in [-0.39, 0.29) is 31.2 Å². The molecule has 0 spiro atoms. The molecule has 0 bridgehead atoms. The van der Waals surface area contributed by atoms with Gasteiger partial charge in [0.1, 0.15) is 5.54 Å². The van der Waals surface area contributed by atoms with Crippen molar-refractivity contribution < 1.29 is 19.0 Å². The molecule has 1 aliphatic heterocycles. The highest BCUT2D eigenvalue weighted by molar-refractivity contribution is 5.88. The van der Waals surface area contributed by atoms with Gasteiger partial charge in [-0.1, -0.05) is 26.0 Å². The Bertz CT molecular complexity index is 623. The van der Waals surface area contributed by atoms with E-state index in [1.165, 1.54) is 0 Å². The number of rotatable bonds is 5. The summed E-state index contributed by atoms with van der Waals surface area (Å²) in [7, 11) is 0. The number of halogens is 1. The van der Waals surface area contributed by atoms with E-state index in [4.69, 9.17) is 19.9 Å². The molecule has 0 radical (unpaired) electrons. The molecule has 24 heavy (non-hydrogen) atoms. The minimum Gasteiger partial charge on any atom is -0.454 e. The lowest BCUT2D eigenvalue weighted by atomic mass is 9.54. The van der Waals surface area contributed by atoms with Crippen molar-refractivity contribution in [3.63, 3.8) is 0 Å². The first-order valence-corrected chi connectivity index (χ1v) is 7.96. The largest absolute Gasteiger partial charge is 0.454 e. The van der Waals surface area contributed by atoms with E-state index < -0.39 is 11.0 Å². The first-order chi connectivity index (χ1) is 10.9. The Morgan fingerprint density at radius 1 is 1.42 bits per heavy atom. The summed E-state index contributed by atoms with van der Waals surface area (Å²) in [5.74, 6) is 1.24. The summed E-state index contributed by atoms with van der Waals surface area (Å²) < 4.78 is 16.5. The van der Waals surface area contributed by atoms with Gasteiger partial charge in [-0.05, 0) is 13.0 Å². The molecule has 1 amide bonds. The lowest BCUT2D eigenvalue weighted by Gasteiger charge is -2.57. The fourth-order valence-corrected chi connectivity index (χ4v) is 3.28. The van der Waals surface area contributed by atoms with E-state index in [1.807, 2.05) is 39.0 Å². The van der Waals surface area contributed by atoms with Crippen LogP contribution >= 0.6 is 12.4 Å². The number of benzene rings is 1.